The number of nitrogens with one attached hydrogen (secondary N) is 1. The number of morpholine rings is 1. The number of methoxy groups -OCH3 is 1. The van der Waals surface area contributed by atoms with Crippen LogP contribution in [0.25, 0.3) is 0 Å². The van der Waals surface area contributed by atoms with Crippen LogP contribution in [0.2, 0.25) is 0 Å². The summed E-state index contributed by atoms with van der Waals surface area (Å²) in [6.45, 7) is 5.63. The first-order chi connectivity index (χ1) is 13.1. The molecule has 1 unspecified atom stereocenters. The molecular weight excluding hydrogens is 537 g/mol. The number of nitrogens with zero attached hydrogens (tertiary/aromatic N) is 4. The number of hydrogen-bond acceptors (Lipinski definition) is 4. The molecule has 0 spiro atoms. The molecule has 1 N–H and O–H groups in total. The fraction of sp³-hybridized carbons (Fsp3) is 0.474. The SMILES string of the molecule is CCNC(=NCc1cc(Br)ccc1OC)N1CCOC(c2cnn(C)c2)C1.I. The molecule has 9 heteroatoms. The third-order valence-electron chi connectivity index (χ3n) is 4.44. The maximum Gasteiger partial charge on any atom is 0.194 e. The zero-order chi connectivity index (χ0) is 19.2. The Morgan fingerprint density at radius 2 is 2.29 bits per heavy atom. The van der Waals surface area contributed by atoms with E-state index in [9.17, 15) is 0 Å². The van der Waals surface area contributed by atoms with Crippen molar-refractivity contribution in [3.8, 4) is 5.75 Å². The number of rotatable bonds is 5. The molecule has 7 nitrogen and oxygen atoms in total. The van der Waals surface area contributed by atoms with E-state index in [2.05, 4.69) is 38.2 Å². The van der Waals surface area contributed by atoms with Crippen LogP contribution < -0.4 is 10.1 Å². The normalized spacial score (nSPS) is 17.2. The number of halogens is 2. The average molecular weight is 564 g/mol. The van der Waals surface area contributed by atoms with Crippen molar-refractivity contribution in [1.82, 2.24) is 20.0 Å². The molecule has 1 aromatic carbocycles. The van der Waals surface area contributed by atoms with Gasteiger partial charge in [-0.2, -0.15) is 5.10 Å². The highest BCUT2D eigenvalue weighted by atomic mass is 127. The first kappa shape index (κ1) is 23.0. The summed E-state index contributed by atoms with van der Waals surface area (Å²) >= 11 is 3.52. The molecule has 1 aromatic heterocycles. The number of aliphatic imine (C=N–C) groups is 1. The minimum Gasteiger partial charge on any atom is -0.496 e. The molecule has 1 aliphatic rings. The van der Waals surface area contributed by atoms with E-state index in [1.807, 2.05) is 37.6 Å². The number of aromatic nitrogens is 2. The van der Waals surface area contributed by atoms with Gasteiger partial charge in [-0.1, -0.05) is 15.9 Å². The van der Waals surface area contributed by atoms with Crippen molar-refractivity contribution in [2.75, 3.05) is 33.4 Å². The summed E-state index contributed by atoms with van der Waals surface area (Å²) in [5, 5.41) is 7.65. The smallest absolute Gasteiger partial charge is 0.194 e. The zero-order valence-corrected chi connectivity index (χ0v) is 20.3. The van der Waals surface area contributed by atoms with Crippen LogP contribution in [0, 0.1) is 0 Å². The predicted octanol–water partition coefficient (Wildman–Crippen LogP) is 3.35. The first-order valence-corrected chi connectivity index (χ1v) is 9.85. The minimum atomic E-state index is -0.00304. The van der Waals surface area contributed by atoms with Crippen molar-refractivity contribution in [2.24, 2.45) is 12.0 Å². The molecule has 1 aliphatic heterocycles. The lowest BCUT2D eigenvalue weighted by Crippen LogP contribution is -2.48. The number of hydrogen-bond donors (Lipinski definition) is 1. The Labute approximate surface area is 191 Å². The van der Waals surface area contributed by atoms with Crippen molar-refractivity contribution in [2.45, 2.75) is 19.6 Å². The van der Waals surface area contributed by atoms with Crippen molar-refractivity contribution >= 4 is 45.9 Å². The van der Waals surface area contributed by atoms with Gasteiger partial charge in [-0.25, -0.2) is 4.99 Å². The van der Waals surface area contributed by atoms with E-state index in [4.69, 9.17) is 14.5 Å². The molecule has 1 saturated heterocycles. The van der Waals surface area contributed by atoms with Crippen LogP contribution >= 0.6 is 39.9 Å². The van der Waals surface area contributed by atoms with Gasteiger partial charge in [0.2, 0.25) is 0 Å². The van der Waals surface area contributed by atoms with Gasteiger partial charge in [-0.15, -0.1) is 24.0 Å². The number of aryl methyl sites for hydroxylation is 1. The lowest BCUT2D eigenvalue weighted by atomic mass is 10.1. The van der Waals surface area contributed by atoms with Crippen LogP contribution in [-0.2, 0) is 18.3 Å². The summed E-state index contributed by atoms with van der Waals surface area (Å²) in [5.41, 5.74) is 2.13. The van der Waals surface area contributed by atoms with E-state index in [1.54, 1.807) is 11.8 Å². The fourth-order valence-corrected chi connectivity index (χ4v) is 3.51. The van der Waals surface area contributed by atoms with Gasteiger partial charge in [0, 0.05) is 41.9 Å². The molecule has 2 aromatic rings. The van der Waals surface area contributed by atoms with Gasteiger partial charge in [0.1, 0.15) is 11.9 Å². The van der Waals surface area contributed by atoms with Gasteiger partial charge in [0.25, 0.3) is 0 Å². The fourth-order valence-electron chi connectivity index (χ4n) is 3.11. The largest absolute Gasteiger partial charge is 0.496 e. The highest BCUT2D eigenvalue weighted by molar-refractivity contribution is 14.0. The molecule has 0 aliphatic carbocycles. The third-order valence-corrected chi connectivity index (χ3v) is 4.93. The number of ether oxygens (including phenoxy) is 2. The van der Waals surface area contributed by atoms with Gasteiger partial charge in [-0.05, 0) is 25.1 Å². The highest BCUT2D eigenvalue weighted by Crippen LogP contribution is 2.25. The number of guanidine groups is 1. The summed E-state index contributed by atoms with van der Waals surface area (Å²) < 4.78 is 14.2. The van der Waals surface area contributed by atoms with Crippen molar-refractivity contribution in [3.05, 3.63) is 46.2 Å². The van der Waals surface area contributed by atoms with Gasteiger partial charge < -0.3 is 19.7 Å². The molecule has 0 bridgehead atoms. The van der Waals surface area contributed by atoms with Gasteiger partial charge in [0.05, 0.1) is 33.0 Å². The first-order valence-electron chi connectivity index (χ1n) is 9.06. The van der Waals surface area contributed by atoms with Crippen LogP contribution in [-0.4, -0.2) is 54.0 Å². The van der Waals surface area contributed by atoms with E-state index >= 15 is 0 Å². The van der Waals surface area contributed by atoms with Crippen molar-refractivity contribution in [1.29, 1.82) is 0 Å². The second kappa shape index (κ2) is 11.0. The average Bonchev–Trinajstić information content (AvgIpc) is 3.12. The second-order valence-electron chi connectivity index (χ2n) is 6.38. The Hall–Kier alpha value is -1.33. The molecule has 28 heavy (non-hydrogen) atoms. The number of benzene rings is 1. The molecule has 0 radical (unpaired) electrons. The van der Waals surface area contributed by atoms with E-state index in [0.29, 0.717) is 13.2 Å². The predicted molar refractivity (Wildman–Crippen MR) is 124 cm³/mol. The molecule has 1 fully saturated rings. The van der Waals surface area contributed by atoms with Crippen LogP contribution in [0.3, 0.4) is 0 Å². The summed E-state index contributed by atoms with van der Waals surface area (Å²) in [4.78, 5) is 7.09. The lowest BCUT2D eigenvalue weighted by Gasteiger charge is -2.34. The molecule has 0 amide bonds. The summed E-state index contributed by atoms with van der Waals surface area (Å²) in [6.07, 6.45) is 3.87. The topological polar surface area (TPSA) is 63.9 Å². The third kappa shape index (κ3) is 5.84. The second-order valence-corrected chi connectivity index (χ2v) is 7.29. The van der Waals surface area contributed by atoms with Crippen LogP contribution in [0.4, 0.5) is 0 Å². The Bertz CT molecular complexity index is 798. The van der Waals surface area contributed by atoms with Gasteiger partial charge in [0.15, 0.2) is 5.96 Å². The van der Waals surface area contributed by atoms with E-state index in [1.165, 1.54) is 0 Å². The Kier molecular flexibility index (Phi) is 9.03. The maximum atomic E-state index is 5.95. The Morgan fingerprint density at radius 1 is 1.46 bits per heavy atom. The Morgan fingerprint density at radius 3 is 2.96 bits per heavy atom. The highest BCUT2D eigenvalue weighted by Gasteiger charge is 2.25. The Balaban J connectivity index is 0.00000280. The standard InChI is InChI=1S/C19H26BrN5O2.HI/c1-4-21-19(22-10-14-9-16(20)5-6-17(14)26-3)25-7-8-27-18(13-25)15-11-23-24(2)12-15;/h5-6,9,11-12,18H,4,7-8,10,13H2,1-3H3,(H,21,22);1H. The van der Waals surface area contributed by atoms with E-state index in [0.717, 1.165) is 46.9 Å². The van der Waals surface area contributed by atoms with Crippen molar-refractivity contribution < 1.29 is 9.47 Å². The quantitative estimate of drug-likeness (QED) is 0.343. The molecular formula is C19H27BrIN5O2. The zero-order valence-electron chi connectivity index (χ0n) is 16.4. The van der Waals surface area contributed by atoms with Crippen molar-refractivity contribution in [3.63, 3.8) is 0 Å². The van der Waals surface area contributed by atoms with E-state index < -0.39 is 0 Å². The van der Waals surface area contributed by atoms with Gasteiger partial charge in [-0.3, -0.25) is 4.68 Å². The van der Waals surface area contributed by atoms with E-state index in [-0.39, 0.29) is 30.1 Å². The molecule has 2 heterocycles. The monoisotopic (exact) mass is 563 g/mol. The van der Waals surface area contributed by atoms with Crippen LogP contribution in [0.15, 0.2) is 40.1 Å². The molecule has 0 saturated carbocycles. The molecule has 154 valence electrons. The summed E-state index contributed by atoms with van der Waals surface area (Å²) in [5.74, 6) is 1.73. The van der Waals surface area contributed by atoms with Crippen LogP contribution in [0.5, 0.6) is 5.75 Å². The van der Waals surface area contributed by atoms with Gasteiger partial charge >= 0.3 is 0 Å². The maximum absolute atomic E-state index is 5.95. The molecule has 3 rings (SSSR count). The van der Waals surface area contributed by atoms with Crippen LogP contribution in [0.1, 0.15) is 24.2 Å². The summed E-state index contributed by atoms with van der Waals surface area (Å²) in [7, 11) is 3.60. The molecule has 1 atom stereocenters. The lowest BCUT2D eigenvalue weighted by molar-refractivity contribution is -0.00805. The summed E-state index contributed by atoms with van der Waals surface area (Å²) in [6, 6.07) is 5.97. The minimum absolute atomic E-state index is 0.